The zero-order chi connectivity index (χ0) is 18.3. The fourth-order valence-corrected chi connectivity index (χ4v) is 2.01. The van der Waals surface area contributed by atoms with Crippen LogP contribution in [-0.2, 0) is 20.7 Å². The van der Waals surface area contributed by atoms with Crippen LogP contribution in [0.5, 0.6) is 5.75 Å². The summed E-state index contributed by atoms with van der Waals surface area (Å²) in [6.45, 7) is 6.84. The van der Waals surface area contributed by atoms with Crippen molar-refractivity contribution in [3.8, 4) is 5.75 Å². The predicted molar refractivity (Wildman–Crippen MR) is 88.8 cm³/mol. The van der Waals surface area contributed by atoms with Crippen LogP contribution in [0, 0.1) is 6.92 Å². The topological polar surface area (TPSA) is 93.7 Å². The van der Waals surface area contributed by atoms with Crippen molar-refractivity contribution >= 4 is 17.9 Å². The number of carbonyl (C=O) groups is 3. The maximum Gasteiger partial charge on any atom is 0.321 e. The number of esters is 1. The Labute approximate surface area is 141 Å². The highest BCUT2D eigenvalue weighted by Crippen LogP contribution is 2.20. The van der Waals surface area contributed by atoms with E-state index in [2.05, 4.69) is 10.6 Å². The number of amides is 3. The summed E-state index contributed by atoms with van der Waals surface area (Å²) in [5.41, 5.74) is 1.66. The van der Waals surface area contributed by atoms with Crippen molar-refractivity contribution in [1.29, 1.82) is 0 Å². The van der Waals surface area contributed by atoms with E-state index >= 15 is 0 Å². The van der Waals surface area contributed by atoms with Gasteiger partial charge >= 0.3 is 12.0 Å². The maximum absolute atomic E-state index is 12.0. The number of methoxy groups -OCH3 is 1. The number of hydrogen-bond acceptors (Lipinski definition) is 5. The number of urea groups is 1. The van der Waals surface area contributed by atoms with Gasteiger partial charge in [0, 0.05) is 11.6 Å². The fourth-order valence-electron chi connectivity index (χ4n) is 2.01. The lowest BCUT2D eigenvalue weighted by Gasteiger charge is -2.15. The van der Waals surface area contributed by atoms with Gasteiger partial charge < -0.3 is 14.8 Å². The number of benzene rings is 1. The highest BCUT2D eigenvalue weighted by Gasteiger charge is 2.21. The van der Waals surface area contributed by atoms with Crippen LogP contribution >= 0.6 is 0 Å². The van der Waals surface area contributed by atoms with Gasteiger partial charge in [0.1, 0.15) is 5.75 Å². The first-order valence-electron chi connectivity index (χ1n) is 7.67. The smallest absolute Gasteiger partial charge is 0.321 e. The standard InChI is InChI=1S/C17H24N2O5/c1-10(2)18-17(22)19-16(21)12(4)24-15(20)9-13-8-11(3)6-7-14(13)23-5/h6-8,10,12H,9H2,1-5H3,(H2,18,19,21,22)/t12-/m1/s1. The van der Waals surface area contributed by atoms with Crippen LogP contribution in [0.2, 0.25) is 0 Å². The number of rotatable bonds is 6. The van der Waals surface area contributed by atoms with Crippen molar-refractivity contribution < 1.29 is 23.9 Å². The third-order valence-corrected chi connectivity index (χ3v) is 3.10. The highest BCUT2D eigenvalue weighted by molar-refractivity contribution is 5.97. The van der Waals surface area contributed by atoms with E-state index in [-0.39, 0.29) is 12.5 Å². The summed E-state index contributed by atoms with van der Waals surface area (Å²) in [5.74, 6) is -0.686. The number of hydrogen-bond donors (Lipinski definition) is 2. The van der Waals surface area contributed by atoms with E-state index in [1.54, 1.807) is 19.9 Å². The van der Waals surface area contributed by atoms with Crippen molar-refractivity contribution in [2.45, 2.75) is 46.3 Å². The average molecular weight is 336 g/mol. The Bertz CT molecular complexity index is 613. The molecule has 0 saturated carbocycles. The average Bonchev–Trinajstić information content (AvgIpc) is 2.46. The Morgan fingerprint density at radius 2 is 1.83 bits per heavy atom. The lowest BCUT2D eigenvalue weighted by Crippen LogP contribution is -2.46. The Morgan fingerprint density at radius 3 is 2.42 bits per heavy atom. The molecule has 7 nitrogen and oxygen atoms in total. The minimum atomic E-state index is -1.08. The molecule has 3 amide bonds. The third-order valence-electron chi connectivity index (χ3n) is 3.10. The largest absolute Gasteiger partial charge is 0.496 e. The van der Waals surface area contributed by atoms with Crippen molar-refractivity contribution in [2.24, 2.45) is 0 Å². The number of carbonyl (C=O) groups excluding carboxylic acids is 3. The van der Waals surface area contributed by atoms with E-state index in [0.29, 0.717) is 11.3 Å². The van der Waals surface area contributed by atoms with E-state index in [9.17, 15) is 14.4 Å². The summed E-state index contributed by atoms with van der Waals surface area (Å²) >= 11 is 0. The number of ether oxygens (including phenoxy) is 2. The molecule has 1 aromatic carbocycles. The van der Waals surface area contributed by atoms with Crippen molar-refractivity contribution in [3.05, 3.63) is 29.3 Å². The molecule has 0 aliphatic heterocycles. The molecule has 2 N–H and O–H groups in total. The summed E-state index contributed by atoms with van der Waals surface area (Å²) in [7, 11) is 1.52. The molecule has 0 unspecified atom stereocenters. The normalized spacial score (nSPS) is 11.6. The van der Waals surface area contributed by atoms with E-state index in [1.807, 2.05) is 19.1 Å². The van der Waals surface area contributed by atoms with E-state index in [0.717, 1.165) is 5.56 Å². The van der Waals surface area contributed by atoms with Crippen LogP contribution in [0.3, 0.4) is 0 Å². The molecule has 132 valence electrons. The van der Waals surface area contributed by atoms with Gasteiger partial charge in [-0.2, -0.15) is 0 Å². The van der Waals surface area contributed by atoms with Gasteiger partial charge in [-0.1, -0.05) is 17.7 Å². The van der Waals surface area contributed by atoms with Crippen molar-refractivity contribution in [1.82, 2.24) is 10.6 Å². The maximum atomic E-state index is 12.0. The lowest BCUT2D eigenvalue weighted by molar-refractivity contribution is -0.153. The van der Waals surface area contributed by atoms with Gasteiger partial charge in [-0.05, 0) is 33.8 Å². The molecule has 0 aromatic heterocycles. The molecule has 1 atom stereocenters. The van der Waals surface area contributed by atoms with Gasteiger partial charge in [0.15, 0.2) is 6.10 Å². The van der Waals surface area contributed by atoms with Gasteiger partial charge in [0.2, 0.25) is 0 Å². The first kappa shape index (κ1) is 19.5. The lowest BCUT2D eigenvalue weighted by atomic mass is 10.1. The molecule has 0 spiro atoms. The van der Waals surface area contributed by atoms with Crippen molar-refractivity contribution in [3.63, 3.8) is 0 Å². The van der Waals surface area contributed by atoms with Gasteiger partial charge in [-0.15, -0.1) is 0 Å². The summed E-state index contributed by atoms with van der Waals surface area (Å²) in [6, 6.07) is 4.73. The molecule has 0 aliphatic carbocycles. The molecule has 0 saturated heterocycles. The predicted octanol–water partition coefficient (Wildman–Crippen LogP) is 1.71. The number of aryl methyl sites for hydroxylation is 1. The van der Waals surface area contributed by atoms with Crippen LogP contribution in [0.25, 0.3) is 0 Å². The zero-order valence-corrected chi connectivity index (χ0v) is 14.6. The number of imide groups is 1. The second kappa shape index (κ2) is 8.90. The molecule has 1 aromatic rings. The second-order valence-electron chi connectivity index (χ2n) is 5.74. The molecule has 24 heavy (non-hydrogen) atoms. The highest BCUT2D eigenvalue weighted by atomic mass is 16.5. The molecule has 0 fully saturated rings. The van der Waals surface area contributed by atoms with Crippen molar-refractivity contribution in [2.75, 3.05) is 7.11 Å². The molecule has 1 rings (SSSR count). The molecule has 7 heteroatoms. The fraction of sp³-hybridized carbons (Fsp3) is 0.471. The Morgan fingerprint density at radius 1 is 1.17 bits per heavy atom. The summed E-state index contributed by atoms with van der Waals surface area (Å²) < 4.78 is 10.3. The first-order chi connectivity index (χ1) is 11.2. The molecule has 0 radical (unpaired) electrons. The minimum absolute atomic E-state index is 0.0271. The van der Waals surface area contributed by atoms with Gasteiger partial charge in [-0.25, -0.2) is 4.79 Å². The second-order valence-corrected chi connectivity index (χ2v) is 5.74. The molecular formula is C17H24N2O5. The number of nitrogens with one attached hydrogen (secondary N) is 2. The van der Waals surface area contributed by atoms with Crippen LogP contribution < -0.4 is 15.4 Å². The molecular weight excluding hydrogens is 312 g/mol. The van der Waals surface area contributed by atoms with Gasteiger partial charge in [-0.3, -0.25) is 14.9 Å². The Hall–Kier alpha value is -2.57. The summed E-state index contributed by atoms with van der Waals surface area (Å²) in [6.07, 6.45) is -1.10. The quantitative estimate of drug-likeness (QED) is 0.771. The Kier molecular flexibility index (Phi) is 7.23. The van der Waals surface area contributed by atoms with E-state index in [1.165, 1.54) is 14.0 Å². The molecule has 0 heterocycles. The van der Waals surface area contributed by atoms with Crippen LogP contribution in [-0.4, -0.2) is 37.2 Å². The van der Waals surface area contributed by atoms with Crippen LogP contribution in [0.15, 0.2) is 18.2 Å². The molecule has 0 aliphatic rings. The summed E-state index contributed by atoms with van der Waals surface area (Å²) in [5, 5.41) is 4.64. The first-order valence-corrected chi connectivity index (χ1v) is 7.67. The van der Waals surface area contributed by atoms with E-state index < -0.39 is 24.0 Å². The SMILES string of the molecule is COc1ccc(C)cc1CC(=O)O[C@H](C)C(=O)NC(=O)NC(C)C. The minimum Gasteiger partial charge on any atom is -0.496 e. The monoisotopic (exact) mass is 336 g/mol. The van der Waals surface area contributed by atoms with E-state index in [4.69, 9.17) is 9.47 Å². The van der Waals surface area contributed by atoms with Crippen LogP contribution in [0.1, 0.15) is 31.9 Å². The molecule has 0 bridgehead atoms. The van der Waals surface area contributed by atoms with Gasteiger partial charge in [0.05, 0.1) is 13.5 Å². The Balaban J connectivity index is 2.59. The summed E-state index contributed by atoms with van der Waals surface area (Å²) in [4.78, 5) is 35.3. The third kappa shape index (κ3) is 6.28. The zero-order valence-electron chi connectivity index (χ0n) is 14.6. The van der Waals surface area contributed by atoms with Gasteiger partial charge in [0.25, 0.3) is 5.91 Å². The van der Waals surface area contributed by atoms with Crippen LogP contribution in [0.4, 0.5) is 4.79 Å².